The van der Waals surface area contributed by atoms with Crippen LogP contribution in [0.2, 0.25) is 0 Å². The Morgan fingerprint density at radius 1 is 0.654 bits per heavy atom. The van der Waals surface area contributed by atoms with Gasteiger partial charge in [-0.05, 0) is 44.8 Å². The van der Waals surface area contributed by atoms with E-state index in [2.05, 4.69) is 89.8 Å². The van der Waals surface area contributed by atoms with Crippen LogP contribution < -0.4 is 0 Å². The van der Waals surface area contributed by atoms with Crippen LogP contribution in [0.25, 0.3) is 21.5 Å². The van der Waals surface area contributed by atoms with Gasteiger partial charge in [0.1, 0.15) is 0 Å². The Hall–Kier alpha value is -2.68. The van der Waals surface area contributed by atoms with Gasteiger partial charge in [-0.1, -0.05) is 72.8 Å². The van der Waals surface area contributed by atoms with Crippen LogP contribution in [0.4, 0.5) is 0 Å². The van der Waals surface area contributed by atoms with Crippen molar-refractivity contribution in [1.29, 1.82) is 0 Å². The lowest BCUT2D eigenvalue weighted by Gasteiger charge is -2.42. The Kier molecular flexibility index (Phi) is 3.74. The maximum Gasteiger partial charge on any atom is 0.0794 e. The first-order valence-electron chi connectivity index (χ1n) is 9.17. The molecule has 0 aromatic heterocycles. The Bertz CT molecular complexity index is 1000. The molecule has 0 radical (unpaired) electrons. The minimum atomic E-state index is -0.210. The molecule has 128 valence electrons. The van der Waals surface area contributed by atoms with Gasteiger partial charge in [-0.15, -0.1) is 0 Å². The number of likely N-dealkylation sites (tertiary alicyclic amines) is 1. The second kappa shape index (κ2) is 6.24. The highest BCUT2D eigenvalue weighted by atomic mass is 16.3. The number of nitrogens with zero attached hydrogens (tertiary/aromatic N) is 1. The molecular formula is C24H21NO. The highest BCUT2D eigenvalue weighted by Crippen LogP contribution is 2.35. The first-order chi connectivity index (χ1) is 12.8. The molecule has 0 unspecified atom stereocenters. The van der Waals surface area contributed by atoms with Crippen LogP contribution in [-0.2, 0) is 0 Å². The smallest absolute Gasteiger partial charge is 0.0794 e. The lowest BCUT2D eigenvalue weighted by atomic mass is 9.91. The zero-order valence-electron chi connectivity index (χ0n) is 14.5. The van der Waals surface area contributed by atoms with Gasteiger partial charge >= 0.3 is 0 Å². The van der Waals surface area contributed by atoms with Crippen molar-refractivity contribution in [2.75, 3.05) is 13.1 Å². The van der Waals surface area contributed by atoms with Crippen LogP contribution in [0, 0.1) is 0 Å². The predicted octanol–water partition coefficient (Wildman–Crippen LogP) is 4.76. The van der Waals surface area contributed by atoms with Crippen molar-refractivity contribution in [2.45, 2.75) is 12.1 Å². The molecule has 1 N–H and O–H groups in total. The largest absolute Gasteiger partial charge is 0.390 e. The molecule has 1 aliphatic heterocycles. The minimum Gasteiger partial charge on any atom is -0.390 e. The zero-order valence-corrected chi connectivity index (χ0v) is 14.5. The van der Waals surface area contributed by atoms with E-state index in [1.54, 1.807) is 0 Å². The number of hydrogen-bond donors (Lipinski definition) is 1. The highest BCUT2D eigenvalue weighted by Gasteiger charge is 2.33. The van der Waals surface area contributed by atoms with Crippen LogP contribution in [-0.4, -0.2) is 29.2 Å². The summed E-state index contributed by atoms with van der Waals surface area (Å²) < 4.78 is 0. The summed E-state index contributed by atoms with van der Waals surface area (Å²) in [5.74, 6) is 0. The SMILES string of the molecule is OC1CN(C(c2ccc3ccccc3c2)c2ccc3ccccc3c2)C1. The number of hydrogen-bond acceptors (Lipinski definition) is 2. The van der Waals surface area contributed by atoms with E-state index >= 15 is 0 Å². The molecule has 4 aromatic rings. The molecule has 0 saturated carbocycles. The van der Waals surface area contributed by atoms with Gasteiger partial charge in [0.05, 0.1) is 12.1 Å². The first-order valence-corrected chi connectivity index (χ1v) is 9.17. The quantitative estimate of drug-likeness (QED) is 0.582. The number of fused-ring (bicyclic) bond motifs is 2. The third kappa shape index (κ3) is 2.68. The van der Waals surface area contributed by atoms with Gasteiger partial charge in [0.15, 0.2) is 0 Å². The van der Waals surface area contributed by atoms with Crippen molar-refractivity contribution in [2.24, 2.45) is 0 Å². The van der Waals surface area contributed by atoms with Crippen molar-refractivity contribution in [3.63, 3.8) is 0 Å². The third-order valence-corrected chi connectivity index (χ3v) is 5.43. The maximum absolute atomic E-state index is 9.86. The van der Waals surface area contributed by atoms with Crippen molar-refractivity contribution in [3.05, 3.63) is 96.1 Å². The molecule has 1 saturated heterocycles. The van der Waals surface area contributed by atoms with Crippen molar-refractivity contribution < 1.29 is 5.11 Å². The van der Waals surface area contributed by atoms with Gasteiger partial charge in [0.2, 0.25) is 0 Å². The van der Waals surface area contributed by atoms with E-state index in [9.17, 15) is 5.11 Å². The standard InChI is InChI=1S/C24H21NO/c26-23-15-25(16-23)24(21-11-9-17-5-1-3-7-19(17)13-21)22-12-10-18-6-2-4-8-20(18)14-22/h1-14,23-24,26H,15-16H2. The van der Waals surface area contributed by atoms with Crippen molar-refractivity contribution in [1.82, 2.24) is 4.90 Å². The Morgan fingerprint density at radius 3 is 1.58 bits per heavy atom. The average molecular weight is 339 g/mol. The topological polar surface area (TPSA) is 23.5 Å². The molecule has 0 amide bonds. The Labute approximate surface area is 153 Å². The van der Waals surface area contributed by atoms with E-state index in [0.29, 0.717) is 0 Å². The van der Waals surface area contributed by atoms with Crippen LogP contribution >= 0.6 is 0 Å². The number of aliphatic hydroxyl groups is 1. The molecule has 1 fully saturated rings. The minimum absolute atomic E-state index is 0.174. The number of β-amino-alcohol motifs (C(OH)–C–C–N with tert-alkyl or cyclic N) is 1. The molecule has 4 aromatic carbocycles. The maximum atomic E-state index is 9.86. The second-order valence-corrected chi connectivity index (χ2v) is 7.22. The van der Waals surface area contributed by atoms with E-state index in [0.717, 1.165) is 13.1 Å². The molecule has 0 spiro atoms. The lowest BCUT2D eigenvalue weighted by molar-refractivity contribution is -0.0160. The van der Waals surface area contributed by atoms with E-state index in [-0.39, 0.29) is 12.1 Å². The molecule has 1 heterocycles. The predicted molar refractivity (Wildman–Crippen MR) is 107 cm³/mol. The van der Waals surface area contributed by atoms with Crippen LogP contribution in [0.15, 0.2) is 84.9 Å². The highest BCUT2D eigenvalue weighted by molar-refractivity contribution is 5.84. The first kappa shape index (κ1) is 15.6. The molecule has 26 heavy (non-hydrogen) atoms. The summed E-state index contributed by atoms with van der Waals surface area (Å²) in [6.45, 7) is 1.45. The molecule has 2 nitrogen and oxygen atoms in total. The third-order valence-electron chi connectivity index (χ3n) is 5.43. The van der Waals surface area contributed by atoms with Gasteiger partial charge in [-0.2, -0.15) is 0 Å². The second-order valence-electron chi connectivity index (χ2n) is 7.22. The lowest BCUT2D eigenvalue weighted by Crippen LogP contribution is -2.52. The molecular weight excluding hydrogens is 318 g/mol. The zero-order chi connectivity index (χ0) is 17.5. The Morgan fingerprint density at radius 2 is 1.12 bits per heavy atom. The van der Waals surface area contributed by atoms with Gasteiger partial charge in [0.25, 0.3) is 0 Å². The summed E-state index contributed by atoms with van der Waals surface area (Å²) in [6, 6.07) is 30.6. The summed E-state index contributed by atoms with van der Waals surface area (Å²) in [6.07, 6.45) is -0.210. The molecule has 1 aliphatic rings. The summed E-state index contributed by atoms with van der Waals surface area (Å²) >= 11 is 0. The van der Waals surface area contributed by atoms with E-state index in [1.807, 2.05) is 0 Å². The van der Waals surface area contributed by atoms with E-state index in [4.69, 9.17) is 0 Å². The van der Waals surface area contributed by atoms with E-state index < -0.39 is 0 Å². The van der Waals surface area contributed by atoms with Gasteiger partial charge in [-0.3, -0.25) is 4.90 Å². The summed E-state index contributed by atoms with van der Waals surface area (Å²) in [5, 5.41) is 14.9. The number of benzene rings is 4. The van der Waals surface area contributed by atoms with Gasteiger partial charge in [-0.25, -0.2) is 0 Å². The fourth-order valence-corrected chi connectivity index (χ4v) is 4.07. The molecule has 0 atom stereocenters. The fraction of sp³-hybridized carbons (Fsp3) is 0.167. The van der Waals surface area contributed by atoms with Gasteiger partial charge < -0.3 is 5.11 Å². The molecule has 0 bridgehead atoms. The Balaban J connectivity index is 1.63. The summed E-state index contributed by atoms with van der Waals surface area (Å²) in [4.78, 5) is 2.36. The fourth-order valence-electron chi connectivity index (χ4n) is 4.07. The normalized spacial score (nSPS) is 15.6. The number of aliphatic hydroxyl groups excluding tert-OH is 1. The molecule has 5 rings (SSSR count). The summed E-state index contributed by atoms with van der Waals surface area (Å²) in [7, 11) is 0. The average Bonchev–Trinajstić information content (AvgIpc) is 2.66. The van der Waals surface area contributed by atoms with E-state index in [1.165, 1.54) is 32.7 Å². The number of rotatable bonds is 3. The van der Waals surface area contributed by atoms with Crippen LogP contribution in [0.1, 0.15) is 17.2 Å². The summed E-state index contributed by atoms with van der Waals surface area (Å²) in [5.41, 5.74) is 2.57. The molecule has 2 heteroatoms. The monoisotopic (exact) mass is 339 g/mol. The van der Waals surface area contributed by atoms with Crippen LogP contribution in [0.3, 0.4) is 0 Å². The van der Waals surface area contributed by atoms with Gasteiger partial charge in [0, 0.05) is 13.1 Å². The molecule has 0 aliphatic carbocycles. The van der Waals surface area contributed by atoms with Crippen LogP contribution in [0.5, 0.6) is 0 Å². The van der Waals surface area contributed by atoms with Crippen molar-refractivity contribution in [3.8, 4) is 0 Å². The van der Waals surface area contributed by atoms with Crippen molar-refractivity contribution >= 4 is 21.5 Å².